The number of aliphatic hydroxyl groups excluding tert-OH is 1. The summed E-state index contributed by atoms with van der Waals surface area (Å²) in [5.74, 6) is -15.6. The van der Waals surface area contributed by atoms with Crippen molar-refractivity contribution in [3.63, 3.8) is 0 Å². The lowest BCUT2D eigenvalue weighted by Crippen LogP contribution is -2.61. The lowest BCUT2D eigenvalue weighted by atomic mass is 9.98. The van der Waals surface area contributed by atoms with Crippen molar-refractivity contribution >= 4 is 105 Å². The number of phenols is 3. The molecule has 7 rings (SSSR count). The molecule has 33 nitrogen and oxygen atoms in total. The Hall–Kier alpha value is -12.1. The van der Waals surface area contributed by atoms with Gasteiger partial charge >= 0.3 is 0 Å². The number of para-hydroxylation sites is 1. The molecule has 19 N–H and O–H groups in total. The zero-order chi connectivity index (χ0) is 85.7. The Morgan fingerprint density at radius 1 is 0.462 bits per heavy atom. The van der Waals surface area contributed by atoms with Gasteiger partial charge in [0.25, 0.3) is 0 Å². The monoisotopic (exact) mass is 1640 g/mol. The van der Waals surface area contributed by atoms with Crippen LogP contribution < -0.4 is 69.5 Å². The van der Waals surface area contributed by atoms with Gasteiger partial charge in [-0.15, -0.1) is 11.8 Å². The molecule has 0 bridgehead atoms. The van der Waals surface area contributed by atoms with Gasteiger partial charge in [0, 0.05) is 62.0 Å². The number of aromatic amines is 1. The van der Waals surface area contributed by atoms with Crippen LogP contribution in [0.1, 0.15) is 102 Å². The molecule has 5 aromatic carbocycles. The van der Waals surface area contributed by atoms with Crippen LogP contribution >= 0.6 is 11.8 Å². The normalized spacial score (nSPS) is 22.5. The number of amides is 14. The first-order chi connectivity index (χ1) is 55.5. The maximum atomic E-state index is 15.6. The molecule has 1 fully saturated rings. The van der Waals surface area contributed by atoms with E-state index in [1.165, 1.54) is 79.8 Å². The molecule has 0 spiro atoms. The number of hydrogen-bond donors (Lipinski definition) is 18. The Bertz CT molecular complexity index is 4430. The molecule has 14 amide bonds. The summed E-state index contributed by atoms with van der Waals surface area (Å²) >= 11 is 0.839. The summed E-state index contributed by atoms with van der Waals surface area (Å²) in [5.41, 5.74) is 8.38. The highest BCUT2D eigenvalue weighted by Crippen LogP contribution is 2.23. The first-order valence-electron chi connectivity index (χ1n) is 38.8. The zero-order valence-electron chi connectivity index (χ0n) is 67.0. The van der Waals surface area contributed by atoms with E-state index < -0.39 is 181 Å². The van der Waals surface area contributed by atoms with Gasteiger partial charge in [-0.1, -0.05) is 140 Å². The molecule has 0 saturated carbocycles. The van der Waals surface area contributed by atoms with Crippen LogP contribution in [0.5, 0.6) is 17.2 Å². The number of phenolic OH excluding ortho intramolecular Hbond substituents is 3. The van der Waals surface area contributed by atoms with Crippen molar-refractivity contribution in [1.82, 2.24) is 73.7 Å². The molecule has 6 aromatic rings. The minimum Gasteiger partial charge on any atom is -0.508 e. The van der Waals surface area contributed by atoms with E-state index in [0.717, 1.165) is 16.7 Å². The quantitative estimate of drug-likeness (QED) is 0.0472. The number of H-pyrrole nitrogens is 1. The van der Waals surface area contributed by atoms with Crippen LogP contribution in [0.4, 0.5) is 0 Å². The van der Waals surface area contributed by atoms with Gasteiger partial charge in [-0.05, 0) is 113 Å². The van der Waals surface area contributed by atoms with Crippen molar-refractivity contribution in [2.75, 3.05) is 38.2 Å². The summed E-state index contributed by atoms with van der Waals surface area (Å²) in [6, 6.07) is 16.0. The van der Waals surface area contributed by atoms with Gasteiger partial charge in [-0.3, -0.25) is 67.1 Å². The van der Waals surface area contributed by atoms with E-state index in [9.17, 15) is 73.2 Å². The maximum absolute atomic E-state index is 15.6. The van der Waals surface area contributed by atoms with Crippen LogP contribution in [0.2, 0.25) is 0 Å². The third kappa shape index (κ3) is 29.3. The summed E-state index contributed by atoms with van der Waals surface area (Å²) in [4.78, 5) is 208. The highest BCUT2D eigenvalue weighted by molar-refractivity contribution is 8.00. The van der Waals surface area contributed by atoms with Gasteiger partial charge in [0.1, 0.15) is 83.7 Å². The first kappa shape index (κ1) is 92.1. The predicted molar refractivity (Wildman–Crippen MR) is 436 cm³/mol. The van der Waals surface area contributed by atoms with Crippen LogP contribution in [0, 0.1) is 23.7 Å². The Balaban J connectivity index is 1.30. The predicted octanol–water partition coefficient (Wildman–Crippen LogP) is 0.724. The van der Waals surface area contributed by atoms with Gasteiger partial charge < -0.3 is 99.8 Å². The van der Waals surface area contributed by atoms with Crippen LogP contribution in [-0.4, -0.2) is 218 Å². The number of aromatic nitrogens is 1. The fourth-order valence-corrected chi connectivity index (χ4v) is 14.0. The van der Waals surface area contributed by atoms with E-state index in [-0.39, 0.29) is 92.1 Å². The average molecular weight is 1640 g/mol. The summed E-state index contributed by atoms with van der Waals surface area (Å²) in [6.07, 6.45) is 0.302. The minimum atomic E-state index is -1.82. The highest BCUT2D eigenvalue weighted by atomic mass is 32.2. The number of aliphatic hydroxyl groups is 1. The van der Waals surface area contributed by atoms with Crippen LogP contribution in [0.3, 0.4) is 0 Å². The average Bonchev–Trinajstić information content (AvgIpc) is 1.73. The Labute approximate surface area is 682 Å². The second kappa shape index (κ2) is 44.7. The zero-order valence-corrected chi connectivity index (χ0v) is 67.8. The van der Waals surface area contributed by atoms with Gasteiger partial charge in [0.2, 0.25) is 82.7 Å². The molecule has 34 heteroatoms. The van der Waals surface area contributed by atoms with Crippen molar-refractivity contribution < 1.29 is 87.5 Å². The van der Waals surface area contributed by atoms with Crippen molar-refractivity contribution in [2.24, 2.45) is 29.4 Å². The van der Waals surface area contributed by atoms with Crippen LogP contribution in [-0.2, 0) is 99.2 Å². The van der Waals surface area contributed by atoms with Gasteiger partial charge in [0.15, 0.2) is 0 Å². The SMILES string of the molecule is CC(C)C[C@@H]1NC(=O)CSC[C@@H](C(=O)NCC(N)=O)NC(=O)[C@H](CC(C)C)NC(=O)[C@H](Cc2ccccc2)N(C)C(=O)[C@H](Cc2ccc(O)cc2)NC(=O)[C@H](Cc2c[nH]c3ccccc23)NC(=O)CNC(=O)[C@H](CO)NC(=O)[C@H](Cc2ccc(O)cc2)NC(=O)[C@H](C(C)C)NC(=O)[C@H](CC(C)C)NC(=O)[C@H](Cc2ccc(O)cc2)NC1=O. The molecule has 1 saturated heterocycles. The molecule has 2 heterocycles. The summed E-state index contributed by atoms with van der Waals surface area (Å²) in [6.45, 7) is 11.2. The number of carbonyl (C=O) groups is 14. The number of nitrogens with one attached hydrogen (secondary N) is 13. The third-order valence-corrected chi connectivity index (χ3v) is 20.3. The fourth-order valence-electron chi connectivity index (χ4n) is 13.1. The van der Waals surface area contributed by atoms with Gasteiger partial charge in [-0.2, -0.15) is 0 Å². The summed E-state index contributed by atoms with van der Waals surface area (Å²) in [5, 5.41) is 73.8. The van der Waals surface area contributed by atoms with E-state index in [0.29, 0.717) is 38.7 Å². The van der Waals surface area contributed by atoms with E-state index in [2.05, 4.69) is 68.8 Å². The van der Waals surface area contributed by atoms with E-state index >= 15 is 14.4 Å². The summed E-state index contributed by atoms with van der Waals surface area (Å²) in [7, 11) is 1.32. The van der Waals surface area contributed by atoms with E-state index in [1.807, 2.05) is 0 Å². The van der Waals surface area contributed by atoms with Crippen molar-refractivity contribution in [3.8, 4) is 17.2 Å². The molecule has 0 aliphatic carbocycles. The second-order valence-corrected chi connectivity index (χ2v) is 31.7. The number of primary amides is 1. The standard InChI is InChI=1S/C83H109N15O18S/c1-45(2)31-59-75(108)91-62(34-50-19-25-54(100)26-20-50)77(110)90-61(33-47(5)6)80(113)97-72(48(7)8)82(115)93-63(35-51-21-27-55(101)28-22-51)78(111)95-66(42-99)73(106)87-41-70(104)88-64(38-53-39-85-58-18-14-13-17-57(53)58)79(112)94-65(36-52-23-29-56(102)30-24-52)83(116)98(9)68(37-49-15-11-10-12-16-49)81(114)92-60(32-46(3)4)76(109)96-67(43-117-44-71(105)89-59)74(107)86-40-69(84)103/h10-30,39,45-48,59-68,72,85,99-102H,31-38,40-44H2,1-9H3,(H2,84,103)(H,86,107)(H,87,106)(H,88,104)(H,89,105)(H,90,110)(H,91,108)(H,92,114)(H,93,115)(H,94,112)(H,95,111)(H,96,109)(H,97,113)/t59-,60-,61-,62-,63-,64-,65-,66-,67-,68-,72-/m0/s1. The molecule has 1 aliphatic rings. The number of nitrogens with two attached hydrogens (primary N) is 1. The van der Waals surface area contributed by atoms with Crippen LogP contribution in [0.15, 0.2) is 134 Å². The van der Waals surface area contributed by atoms with Gasteiger partial charge in [0.05, 0.1) is 25.4 Å². The Morgan fingerprint density at radius 2 is 0.880 bits per heavy atom. The van der Waals surface area contributed by atoms with E-state index in [4.69, 9.17) is 5.73 Å². The lowest BCUT2D eigenvalue weighted by molar-refractivity contribution is -0.143. The highest BCUT2D eigenvalue weighted by Gasteiger charge is 2.40. The molecule has 117 heavy (non-hydrogen) atoms. The molecule has 1 aromatic heterocycles. The first-order valence-corrected chi connectivity index (χ1v) is 39.9. The number of carbonyl (C=O) groups excluding carboxylic acids is 14. The number of aromatic hydroxyl groups is 3. The Kier molecular flexibility index (Phi) is 35.2. The summed E-state index contributed by atoms with van der Waals surface area (Å²) < 4.78 is 0. The number of likely N-dealkylation sites (N-methyl/N-ethyl adjacent to an activating group) is 1. The smallest absolute Gasteiger partial charge is 0.245 e. The van der Waals surface area contributed by atoms with Crippen molar-refractivity contribution in [3.05, 3.63) is 161 Å². The topological polar surface area (TPSA) is 509 Å². The Morgan fingerprint density at radius 3 is 1.39 bits per heavy atom. The van der Waals surface area contributed by atoms with Crippen molar-refractivity contribution in [1.29, 1.82) is 0 Å². The molecular formula is C83H109N15O18S. The largest absolute Gasteiger partial charge is 0.508 e. The molecule has 0 radical (unpaired) electrons. The molecular weight excluding hydrogens is 1530 g/mol. The number of hydrogen-bond acceptors (Lipinski definition) is 19. The number of benzene rings is 5. The number of fused-ring (bicyclic) bond motifs is 1. The van der Waals surface area contributed by atoms with Crippen molar-refractivity contribution in [2.45, 2.75) is 173 Å². The lowest BCUT2D eigenvalue weighted by Gasteiger charge is -2.33. The molecule has 630 valence electrons. The molecule has 1 aliphatic heterocycles. The van der Waals surface area contributed by atoms with E-state index in [1.54, 1.807) is 116 Å². The maximum Gasteiger partial charge on any atom is 0.245 e. The fraction of sp³-hybridized carbons (Fsp3) is 0.446. The number of thioether (sulfide) groups is 1. The van der Waals surface area contributed by atoms with Gasteiger partial charge in [-0.25, -0.2) is 0 Å². The minimum absolute atomic E-state index is 0.0132. The third-order valence-electron chi connectivity index (χ3n) is 19.3. The molecule has 11 atom stereocenters. The second-order valence-electron chi connectivity index (χ2n) is 30.7. The molecule has 0 unspecified atom stereocenters. The van der Waals surface area contributed by atoms with Crippen LogP contribution in [0.25, 0.3) is 10.9 Å². The number of rotatable bonds is 21. The number of nitrogens with zero attached hydrogens (tertiary/aromatic N) is 1.